The van der Waals surface area contributed by atoms with Gasteiger partial charge in [0, 0.05) is 37.1 Å². The number of aromatic nitrogens is 1. The van der Waals surface area contributed by atoms with Gasteiger partial charge in [-0.25, -0.2) is 0 Å². The fraction of sp³-hybridized carbons (Fsp3) is 0.190. The molecule has 0 radical (unpaired) electrons. The number of alkyl halides is 6. The molecule has 3 rings (SSSR count). The lowest BCUT2D eigenvalue weighted by atomic mass is 10.0. The van der Waals surface area contributed by atoms with Crippen molar-refractivity contribution in [1.29, 1.82) is 0 Å². The van der Waals surface area contributed by atoms with Crippen molar-refractivity contribution in [3.05, 3.63) is 83.2 Å². The fourth-order valence-electron chi connectivity index (χ4n) is 3.04. The third-order valence-corrected chi connectivity index (χ3v) is 4.50. The summed E-state index contributed by atoms with van der Waals surface area (Å²) in [5, 5.41) is 0. The Hall–Kier alpha value is -3.23. The van der Waals surface area contributed by atoms with Gasteiger partial charge in [0.25, 0.3) is 5.91 Å². The number of hydrogen-bond donors (Lipinski definition) is 1. The molecule has 0 aliphatic heterocycles. The highest BCUT2D eigenvalue weighted by Gasteiger charge is 2.37. The lowest BCUT2D eigenvalue weighted by Crippen LogP contribution is -2.27. The smallest absolute Gasteiger partial charge is 0.367 e. The van der Waals surface area contributed by atoms with Gasteiger partial charge in [-0.3, -0.25) is 4.79 Å². The Morgan fingerprint density at radius 3 is 2.00 bits per heavy atom. The first-order chi connectivity index (χ1) is 14.0. The molecule has 30 heavy (non-hydrogen) atoms. The zero-order chi connectivity index (χ0) is 22.1. The van der Waals surface area contributed by atoms with Crippen LogP contribution in [0.3, 0.4) is 0 Å². The third-order valence-electron chi connectivity index (χ3n) is 4.50. The molecular weight excluding hydrogens is 410 g/mol. The number of hydrogen-bond acceptors (Lipinski definition) is 1. The predicted octanol–water partition coefficient (Wildman–Crippen LogP) is 5.99. The molecule has 1 amide bonds. The maximum atomic E-state index is 13.0. The minimum Gasteiger partial charge on any atom is -0.367 e. The monoisotopic (exact) mass is 426 g/mol. The van der Waals surface area contributed by atoms with Crippen molar-refractivity contribution >= 4 is 5.91 Å². The number of amides is 1. The second-order valence-electron chi connectivity index (χ2n) is 6.72. The quantitative estimate of drug-likeness (QED) is 0.511. The van der Waals surface area contributed by atoms with E-state index in [2.05, 4.69) is 4.98 Å². The lowest BCUT2D eigenvalue weighted by molar-refractivity contribution is -0.143. The molecule has 3 aromatic rings. The van der Waals surface area contributed by atoms with Gasteiger partial charge < -0.3 is 9.88 Å². The first-order valence-corrected chi connectivity index (χ1v) is 8.73. The standard InChI is InChI=1S/C21H16F6N2O/c1-29(12-15-10-28-11-18(15)13-5-3-2-4-6-13)19(30)14-7-16(20(22,23)24)9-17(8-14)21(25,26)27/h2-11,28H,12H2,1H3. The number of nitrogens with one attached hydrogen (secondary N) is 1. The predicted molar refractivity (Wildman–Crippen MR) is 98.5 cm³/mol. The van der Waals surface area contributed by atoms with Gasteiger partial charge in [0.05, 0.1) is 11.1 Å². The normalized spacial score (nSPS) is 12.1. The number of aromatic amines is 1. The van der Waals surface area contributed by atoms with Crippen LogP contribution in [0.5, 0.6) is 0 Å². The maximum absolute atomic E-state index is 13.0. The van der Waals surface area contributed by atoms with Crippen LogP contribution in [0.1, 0.15) is 27.0 Å². The van der Waals surface area contributed by atoms with Gasteiger partial charge in [-0.1, -0.05) is 30.3 Å². The summed E-state index contributed by atoms with van der Waals surface area (Å²) in [6.45, 7) is -0.00976. The Balaban J connectivity index is 1.91. The molecule has 1 N–H and O–H groups in total. The van der Waals surface area contributed by atoms with E-state index in [4.69, 9.17) is 0 Å². The molecule has 0 aliphatic carbocycles. The highest BCUT2D eigenvalue weighted by molar-refractivity contribution is 5.94. The Morgan fingerprint density at radius 1 is 0.900 bits per heavy atom. The summed E-state index contributed by atoms with van der Waals surface area (Å²) in [5.74, 6) is -0.952. The van der Waals surface area contributed by atoms with Crippen molar-refractivity contribution < 1.29 is 31.1 Å². The van der Waals surface area contributed by atoms with E-state index in [-0.39, 0.29) is 12.6 Å². The summed E-state index contributed by atoms with van der Waals surface area (Å²) in [4.78, 5) is 16.6. The van der Waals surface area contributed by atoms with Crippen molar-refractivity contribution in [3.63, 3.8) is 0 Å². The average Bonchev–Trinajstić information content (AvgIpc) is 3.14. The molecule has 0 fully saturated rings. The van der Waals surface area contributed by atoms with Crippen LogP contribution in [0.2, 0.25) is 0 Å². The molecule has 0 spiro atoms. The van der Waals surface area contributed by atoms with Crippen LogP contribution >= 0.6 is 0 Å². The summed E-state index contributed by atoms with van der Waals surface area (Å²) in [7, 11) is 1.32. The van der Waals surface area contributed by atoms with Gasteiger partial charge in [-0.15, -0.1) is 0 Å². The first kappa shape index (κ1) is 21.5. The molecule has 9 heteroatoms. The Labute approximate surface area is 167 Å². The number of nitrogens with zero attached hydrogens (tertiary/aromatic N) is 1. The van der Waals surface area contributed by atoms with Crippen molar-refractivity contribution in [2.45, 2.75) is 18.9 Å². The second kappa shape index (κ2) is 7.89. The van der Waals surface area contributed by atoms with Crippen molar-refractivity contribution in [2.75, 3.05) is 7.05 Å². The van der Waals surface area contributed by atoms with E-state index in [0.29, 0.717) is 17.7 Å². The topological polar surface area (TPSA) is 36.1 Å². The Morgan fingerprint density at radius 2 is 1.47 bits per heavy atom. The summed E-state index contributed by atoms with van der Waals surface area (Å²) in [6, 6.07) is 10.0. The third kappa shape index (κ3) is 4.67. The number of rotatable bonds is 4. The van der Waals surface area contributed by atoms with E-state index in [0.717, 1.165) is 16.0 Å². The van der Waals surface area contributed by atoms with Crippen molar-refractivity contribution in [3.8, 4) is 11.1 Å². The average molecular weight is 426 g/mol. The van der Waals surface area contributed by atoms with Gasteiger partial charge in [-0.05, 0) is 29.3 Å². The summed E-state index contributed by atoms with van der Waals surface area (Å²) >= 11 is 0. The zero-order valence-corrected chi connectivity index (χ0v) is 15.6. The van der Waals surface area contributed by atoms with E-state index in [1.54, 1.807) is 12.4 Å². The zero-order valence-electron chi connectivity index (χ0n) is 15.6. The molecule has 0 aliphatic rings. The van der Waals surface area contributed by atoms with E-state index in [1.807, 2.05) is 30.3 Å². The molecule has 3 nitrogen and oxygen atoms in total. The number of carbonyl (C=O) groups is 1. The van der Waals surface area contributed by atoms with E-state index >= 15 is 0 Å². The molecule has 0 saturated carbocycles. The minimum absolute atomic E-state index is 0.00353. The molecule has 2 aromatic carbocycles. The molecule has 1 aromatic heterocycles. The van der Waals surface area contributed by atoms with E-state index in [9.17, 15) is 31.1 Å². The SMILES string of the molecule is CN(Cc1c[nH]cc1-c1ccccc1)C(=O)c1cc(C(F)(F)F)cc(C(F)(F)F)c1. The van der Waals surface area contributed by atoms with E-state index in [1.165, 1.54) is 7.05 Å². The highest BCUT2D eigenvalue weighted by atomic mass is 19.4. The lowest BCUT2D eigenvalue weighted by Gasteiger charge is -2.20. The second-order valence-corrected chi connectivity index (χ2v) is 6.72. The van der Waals surface area contributed by atoms with Crippen molar-refractivity contribution in [2.24, 2.45) is 0 Å². The van der Waals surface area contributed by atoms with Gasteiger partial charge in [0.1, 0.15) is 0 Å². The molecular formula is C21H16F6N2O. The first-order valence-electron chi connectivity index (χ1n) is 8.73. The molecule has 0 bridgehead atoms. The largest absolute Gasteiger partial charge is 0.416 e. The Bertz CT molecular complexity index is 1010. The number of H-pyrrole nitrogens is 1. The van der Waals surface area contributed by atoms with Crippen LogP contribution in [0, 0.1) is 0 Å². The molecule has 1 heterocycles. The van der Waals surface area contributed by atoms with Crippen LogP contribution in [-0.4, -0.2) is 22.8 Å². The van der Waals surface area contributed by atoms with Gasteiger partial charge in [-0.2, -0.15) is 26.3 Å². The fourth-order valence-corrected chi connectivity index (χ4v) is 3.04. The van der Waals surface area contributed by atoms with Gasteiger partial charge in [0.15, 0.2) is 0 Å². The van der Waals surface area contributed by atoms with Crippen LogP contribution < -0.4 is 0 Å². The summed E-state index contributed by atoms with van der Waals surface area (Å²) in [5.41, 5.74) is -1.44. The molecule has 0 saturated heterocycles. The van der Waals surface area contributed by atoms with Crippen LogP contribution in [-0.2, 0) is 18.9 Å². The maximum Gasteiger partial charge on any atom is 0.416 e. The van der Waals surface area contributed by atoms with Crippen molar-refractivity contribution in [1.82, 2.24) is 9.88 Å². The highest BCUT2D eigenvalue weighted by Crippen LogP contribution is 2.36. The van der Waals surface area contributed by atoms with E-state index < -0.39 is 35.0 Å². The van der Waals surface area contributed by atoms with Gasteiger partial charge >= 0.3 is 12.4 Å². The summed E-state index contributed by atoms with van der Waals surface area (Å²) in [6.07, 6.45) is -6.71. The number of halogens is 6. The van der Waals surface area contributed by atoms with Crippen LogP contribution in [0.25, 0.3) is 11.1 Å². The molecule has 0 unspecified atom stereocenters. The molecule has 158 valence electrons. The van der Waals surface area contributed by atoms with Gasteiger partial charge in [0.2, 0.25) is 0 Å². The number of carbonyl (C=O) groups excluding carboxylic acids is 1. The summed E-state index contributed by atoms with van der Waals surface area (Å²) < 4.78 is 78.3. The van der Waals surface area contributed by atoms with Crippen LogP contribution in [0.4, 0.5) is 26.3 Å². The molecule has 0 atom stereocenters. The Kier molecular flexibility index (Phi) is 5.65. The van der Waals surface area contributed by atoms with Crippen LogP contribution in [0.15, 0.2) is 60.9 Å². The number of benzene rings is 2. The minimum atomic E-state index is -5.02.